The smallest absolute Gasteiger partial charge is 0.159 e. The number of aliphatic hydroxyl groups excluding tert-OH is 1. The second-order valence-corrected chi connectivity index (χ2v) is 4.27. The van der Waals surface area contributed by atoms with Gasteiger partial charge in [0.2, 0.25) is 0 Å². The fraction of sp³-hybridized carbons (Fsp3) is 0.0769. The van der Waals surface area contributed by atoms with Crippen LogP contribution in [0.2, 0.25) is 0 Å². The van der Waals surface area contributed by atoms with Gasteiger partial charge in [-0.1, -0.05) is 24.0 Å². The Morgan fingerprint density at radius 2 is 2.00 bits per heavy atom. The lowest BCUT2D eigenvalue weighted by atomic mass is 10.1. The zero-order valence-electron chi connectivity index (χ0n) is 8.65. The van der Waals surface area contributed by atoms with Gasteiger partial charge >= 0.3 is 0 Å². The third-order valence-corrected chi connectivity index (χ3v) is 2.90. The molecule has 1 aromatic carbocycles. The Morgan fingerprint density at radius 3 is 2.65 bits per heavy atom. The maximum absolute atomic E-state index is 12.9. The molecule has 0 aliphatic heterocycles. The molecule has 0 radical (unpaired) electrons. The number of rotatable bonds is 1. The van der Waals surface area contributed by atoms with Crippen molar-refractivity contribution in [2.24, 2.45) is 0 Å². The van der Waals surface area contributed by atoms with E-state index >= 15 is 0 Å². The summed E-state index contributed by atoms with van der Waals surface area (Å²) in [5.74, 6) is 3.41. The average Bonchev–Trinajstić information content (AvgIpc) is 2.82. The third-order valence-electron chi connectivity index (χ3n) is 2.11. The lowest BCUT2D eigenvalue weighted by Crippen LogP contribution is -1.96. The van der Waals surface area contributed by atoms with Crippen LogP contribution in [0.5, 0.6) is 0 Å². The fourth-order valence-electron chi connectivity index (χ4n) is 1.25. The van der Waals surface area contributed by atoms with E-state index < -0.39 is 17.7 Å². The monoisotopic (exact) mass is 250 g/mol. The van der Waals surface area contributed by atoms with E-state index in [0.717, 1.165) is 17.0 Å². The van der Waals surface area contributed by atoms with Gasteiger partial charge in [0.1, 0.15) is 6.10 Å². The van der Waals surface area contributed by atoms with Crippen LogP contribution < -0.4 is 0 Å². The molecule has 1 heterocycles. The number of thiophene rings is 1. The summed E-state index contributed by atoms with van der Waals surface area (Å²) < 4.78 is 25.6. The van der Waals surface area contributed by atoms with Crippen LogP contribution in [0.15, 0.2) is 35.7 Å². The van der Waals surface area contributed by atoms with Crippen LogP contribution in [0.1, 0.15) is 16.5 Å². The van der Waals surface area contributed by atoms with Crippen LogP contribution in [0.3, 0.4) is 0 Å². The van der Waals surface area contributed by atoms with Crippen molar-refractivity contribution >= 4 is 11.3 Å². The molecular weight excluding hydrogens is 242 g/mol. The number of aliphatic hydroxyl groups is 1. The molecule has 1 N–H and O–H groups in total. The van der Waals surface area contributed by atoms with Gasteiger partial charge in [0.15, 0.2) is 11.6 Å². The summed E-state index contributed by atoms with van der Waals surface area (Å²) >= 11 is 1.45. The van der Waals surface area contributed by atoms with Crippen molar-refractivity contribution in [1.82, 2.24) is 0 Å². The molecule has 2 rings (SSSR count). The van der Waals surface area contributed by atoms with Crippen molar-refractivity contribution in [2.75, 3.05) is 0 Å². The highest BCUT2D eigenvalue weighted by Gasteiger charge is 2.08. The van der Waals surface area contributed by atoms with E-state index in [9.17, 15) is 13.9 Å². The summed E-state index contributed by atoms with van der Waals surface area (Å²) in [6.07, 6.45) is -1.12. The van der Waals surface area contributed by atoms with Crippen LogP contribution in [-0.4, -0.2) is 5.11 Å². The molecule has 0 aliphatic rings. The topological polar surface area (TPSA) is 20.2 Å². The summed E-state index contributed by atoms with van der Waals surface area (Å²) in [5.41, 5.74) is 0.243. The second kappa shape index (κ2) is 5.09. The molecule has 4 heteroatoms. The van der Waals surface area contributed by atoms with Gasteiger partial charge in [0.05, 0.1) is 4.88 Å². The molecule has 0 spiro atoms. The maximum Gasteiger partial charge on any atom is 0.159 e. The molecule has 1 unspecified atom stereocenters. The van der Waals surface area contributed by atoms with E-state index in [0.29, 0.717) is 0 Å². The Morgan fingerprint density at radius 1 is 1.18 bits per heavy atom. The summed E-state index contributed by atoms with van der Waals surface area (Å²) in [5, 5.41) is 11.5. The van der Waals surface area contributed by atoms with Crippen LogP contribution in [-0.2, 0) is 0 Å². The largest absolute Gasteiger partial charge is 0.376 e. The van der Waals surface area contributed by atoms with Crippen molar-refractivity contribution in [3.8, 4) is 11.8 Å². The molecule has 0 fully saturated rings. The first-order chi connectivity index (χ1) is 8.16. The minimum absolute atomic E-state index is 0.243. The molecule has 0 bridgehead atoms. The fourth-order valence-corrected chi connectivity index (χ4v) is 1.83. The Balaban J connectivity index is 2.20. The Labute approximate surface area is 101 Å². The number of hydrogen-bond donors (Lipinski definition) is 1. The molecule has 86 valence electrons. The van der Waals surface area contributed by atoms with E-state index in [2.05, 4.69) is 11.8 Å². The molecule has 2 aromatic rings. The Kier molecular flexibility index (Phi) is 3.52. The molecule has 0 saturated carbocycles. The molecule has 0 aliphatic carbocycles. The normalized spacial score (nSPS) is 11.7. The van der Waals surface area contributed by atoms with E-state index in [1.165, 1.54) is 17.4 Å². The van der Waals surface area contributed by atoms with Gasteiger partial charge in [-0.15, -0.1) is 11.3 Å². The molecule has 0 amide bonds. The van der Waals surface area contributed by atoms with Gasteiger partial charge in [-0.25, -0.2) is 8.78 Å². The standard InChI is InChI=1S/C13H8F2OS/c14-11-5-3-9(8-12(11)15)13(16)6-4-10-2-1-7-17-10/h1-3,5,7-8,13,16H. The maximum atomic E-state index is 12.9. The quantitative estimate of drug-likeness (QED) is 0.771. The Hall–Kier alpha value is -1.70. The van der Waals surface area contributed by atoms with E-state index in [-0.39, 0.29) is 5.56 Å². The molecule has 1 aromatic heterocycles. The average molecular weight is 250 g/mol. The summed E-state index contributed by atoms with van der Waals surface area (Å²) in [4.78, 5) is 0.812. The van der Waals surface area contributed by atoms with Crippen molar-refractivity contribution in [3.05, 3.63) is 57.8 Å². The summed E-state index contributed by atoms with van der Waals surface area (Å²) in [7, 11) is 0. The van der Waals surface area contributed by atoms with E-state index in [1.54, 1.807) is 0 Å². The lowest BCUT2D eigenvalue weighted by Gasteiger charge is -2.03. The first-order valence-electron chi connectivity index (χ1n) is 4.85. The van der Waals surface area contributed by atoms with E-state index in [1.807, 2.05) is 17.5 Å². The number of benzene rings is 1. The minimum Gasteiger partial charge on any atom is -0.376 e. The Bertz CT molecular complexity index is 567. The van der Waals surface area contributed by atoms with Crippen molar-refractivity contribution in [2.45, 2.75) is 6.10 Å². The van der Waals surface area contributed by atoms with Gasteiger partial charge < -0.3 is 5.11 Å². The first-order valence-corrected chi connectivity index (χ1v) is 5.73. The van der Waals surface area contributed by atoms with Gasteiger partial charge in [0.25, 0.3) is 0 Å². The number of halogens is 2. The van der Waals surface area contributed by atoms with Gasteiger partial charge in [-0.05, 0) is 29.1 Å². The number of hydrogen-bond acceptors (Lipinski definition) is 2. The van der Waals surface area contributed by atoms with E-state index in [4.69, 9.17) is 0 Å². The highest BCUT2D eigenvalue weighted by molar-refractivity contribution is 7.10. The molecular formula is C13H8F2OS. The zero-order chi connectivity index (χ0) is 12.3. The van der Waals surface area contributed by atoms with Gasteiger partial charge in [-0.3, -0.25) is 0 Å². The first kappa shape index (κ1) is 11.8. The molecule has 0 saturated heterocycles. The third kappa shape index (κ3) is 2.90. The molecule has 17 heavy (non-hydrogen) atoms. The second-order valence-electron chi connectivity index (χ2n) is 3.32. The predicted molar refractivity (Wildman–Crippen MR) is 62.5 cm³/mol. The van der Waals surface area contributed by atoms with Gasteiger partial charge in [-0.2, -0.15) is 0 Å². The van der Waals surface area contributed by atoms with Crippen LogP contribution in [0, 0.1) is 23.5 Å². The predicted octanol–water partition coefficient (Wildman–Crippen LogP) is 3.11. The molecule has 1 nitrogen and oxygen atoms in total. The van der Waals surface area contributed by atoms with Crippen LogP contribution in [0.4, 0.5) is 8.78 Å². The van der Waals surface area contributed by atoms with Crippen LogP contribution >= 0.6 is 11.3 Å². The lowest BCUT2D eigenvalue weighted by molar-refractivity contribution is 0.237. The van der Waals surface area contributed by atoms with Crippen molar-refractivity contribution in [3.63, 3.8) is 0 Å². The van der Waals surface area contributed by atoms with Gasteiger partial charge in [0, 0.05) is 0 Å². The molecule has 1 atom stereocenters. The SMILES string of the molecule is OC(C#Cc1cccs1)c1ccc(F)c(F)c1. The van der Waals surface area contributed by atoms with Crippen molar-refractivity contribution < 1.29 is 13.9 Å². The zero-order valence-corrected chi connectivity index (χ0v) is 9.47. The van der Waals surface area contributed by atoms with Crippen LogP contribution in [0.25, 0.3) is 0 Å². The summed E-state index contributed by atoms with van der Waals surface area (Å²) in [6.45, 7) is 0. The highest BCUT2D eigenvalue weighted by atomic mass is 32.1. The highest BCUT2D eigenvalue weighted by Crippen LogP contribution is 2.16. The summed E-state index contributed by atoms with van der Waals surface area (Å²) in [6, 6.07) is 6.89. The minimum atomic E-state index is -1.12. The van der Waals surface area contributed by atoms with Crippen molar-refractivity contribution in [1.29, 1.82) is 0 Å².